The van der Waals surface area contributed by atoms with Gasteiger partial charge in [-0.3, -0.25) is 14.6 Å². The number of carbonyl (C=O) groups excluding carboxylic acids is 2. The van der Waals surface area contributed by atoms with Crippen molar-refractivity contribution in [1.82, 2.24) is 15.6 Å². The molecule has 2 amide bonds. The van der Waals surface area contributed by atoms with Crippen LogP contribution in [0.2, 0.25) is 0 Å². The van der Waals surface area contributed by atoms with Gasteiger partial charge in [-0.2, -0.15) is 5.26 Å². The molecule has 0 bridgehead atoms. The number of benzene rings is 1. The lowest BCUT2D eigenvalue weighted by Crippen LogP contribution is -2.50. The average Bonchev–Trinajstić information content (AvgIpc) is 3.57. The average molecular weight is 376 g/mol. The Balaban J connectivity index is 1.45. The van der Waals surface area contributed by atoms with Crippen molar-refractivity contribution in [3.05, 3.63) is 42.2 Å². The zero-order chi connectivity index (χ0) is 19.5. The van der Waals surface area contributed by atoms with Crippen molar-refractivity contribution < 1.29 is 9.59 Å². The summed E-state index contributed by atoms with van der Waals surface area (Å²) >= 11 is 0. The number of pyridine rings is 1. The highest BCUT2D eigenvalue weighted by molar-refractivity contribution is 5.96. The van der Waals surface area contributed by atoms with E-state index in [1.165, 1.54) is 0 Å². The van der Waals surface area contributed by atoms with Crippen molar-refractivity contribution in [2.45, 2.75) is 50.6 Å². The van der Waals surface area contributed by atoms with Gasteiger partial charge in [0.1, 0.15) is 11.7 Å². The summed E-state index contributed by atoms with van der Waals surface area (Å²) < 4.78 is 0. The van der Waals surface area contributed by atoms with E-state index in [2.05, 4.69) is 21.7 Å². The van der Waals surface area contributed by atoms with Gasteiger partial charge in [0.15, 0.2) is 0 Å². The Morgan fingerprint density at radius 3 is 2.61 bits per heavy atom. The minimum Gasteiger partial charge on any atom is -0.347 e. The predicted molar refractivity (Wildman–Crippen MR) is 105 cm³/mol. The third kappa shape index (κ3) is 3.99. The molecule has 0 aliphatic heterocycles. The molecule has 2 aromatic rings. The van der Waals surface area contributed by atoms with Crippen LogP contribution in [0.3, 0.4) is 0 Å². The van der Waals surface area contributed by atoms with Crippen molar-refractivity contribution in [3.63, 3.8) is 0 Å². The summed E-state index contributed by atoms with van der Waals surface area (Å²) in [5.74, 6) is -0.385. The number of rotatable bonds is 5. The Kier molecular flexibility index (Phi) is 5.25. The SMILES string of the molecule is N#CC(NC(=O)[C@@H]1CCCC[C@@H]1NC(=O)c1cc2ccccc2cn1)C1CC1. The number of amides is 2. The van der Waals surface area contributed by atoms with Crippen molar-refractivity contribution >= 4 is 22.6 Å². The molecule has 2 saturated carbocycles. The third-order valence-corrected chi connectivity index (χ3v) is 5.81. The van der Waals surface area contributed by atoms with E-state index >= 15 is 0 Å². The monoisotopic (exact) mass is 376 g/mol. The molecule has 28 heavy (non-hydrogen) atoms. The summed E-state index contributed by atoms with van der Waals surface area (Å²) in [6.07, 6.45) is 7.11. The first-order valence-corrected chi connectivity index (χ1v) is 10.0. The lowest BCUT2D eigenvalue weighted by atomic mass is 9.83. The molecule has 2 fully saturated rings. The molecule has 2 N–H and O–H groups in total. The Labute approximate surface area is 164 Å². The summed E-state index contributed by atoms with van der Waals surface area (Å²) in [4.78, 5) is 29.8. The van der Waals surface area contributed by atoms with Crippen LogP contribution < -0.4 is 10.6 Å². The van der Waals surface area contributed by atoms with Crippen LogP contribution in [0, 0.1) is 23.2 Å². The van der Waals surface area contributed by atoms with Gasteiger partial charge in [-0.1, -0.05) is 37.1 Å². The molecule has 0 radical (unpaired) electrons. The maximum Gasteiger partial charge on any atom is 0.270 e. The highest BCUT2D eigenvalue weighted by atomic mass is 16.2. The lowest BCUT2D eigenvalue weighted by molar-refractivity contribution is -0.127. The lowest BCUT2D eigenvalue weighted by Gasteiger charge is -2.31. The molecular formula is C22H24N4O2. The molecule has 2 aliphatic rings. The van der Waals surface area contributed by atoms with E-state index < -0.39 is 6.04 Å². The first-order chi connectivity index (χ1) is 13.7. The number of hydrogen-bond donors (Lipinski definition) is 2. The second kappa shape index (κ2) is 7.97. The number of hydrogen-bond acceptors (Lipinski definition) is 4. The number of carbonyl (C=O) groups is 2. The topological polar surface area (TPSA) is 94.9 Å². The molecule has 1 aromatic heterocycles. The molecule has 0 saturated heterocycles. The number of nitrogens with one attached hydrogen (secondary N) is 2. The van der Waals surface area contributed by atoms with Crippen LogP contribution >= 0.6 is 0 Å². The van der Waals surface area contributed by atoms with E-state index in [4.69, 9.17) is 0 Å². The van der Waals surface area contributed by atoms with Gasteiger partial charge in [-0.15, -0.1) is 0 Å². The van der Waals surface area contributed by atoms with E-state index in [0.717, 1.165) is 49.3 Å². The summed E-state index contributed by atoms with van der Waals surface area (Å²) in [7, 11) is 0. The van der Waals surface area contributed by atoms with Gasteiger partial charge in [-0.25, -0.2) is 0 Å². The molecule has 1 aromatic carbocycles. The van der Waals surface area contributed by atoms with Gasteiger partial charge in [0.25, 0.3) is 5.91 Å². The second-order valence-corrected chi connectivity index (χ2v) is 7.84. The Morgan fingerprint density at radius 1 is 1.11 bits per heavy atom. The fourth-order valence-electron chi connectivity index (χ4n) is 4.01. The van der Waals surface area contributed by atoms with Gasteiger partial charge < -0.3 is 10.6 Å². The molecule has 144 valence electrons. The summed E-state index contributed by atoms with van der Waals surface area (Å²) in [5, 5.41) is 17.2. The normalized spacial score (nSPS) is 22.8. The van der Waals surface area contributed by atoms with Crippen molar-refractivity contribution in [3.8, 4) is 6.07 Å². The molecular weight excluding hydrogens is 352 g/mol. The highest BCUT2D eigenvalue weighted by Gasteiger charge is 2.37. The highest BCUT2D eigenvalue weighted by Crippen LogP contribution is 2.33. The van der Waals surface area contributed by atoms with Crippen molar-refractivity contribution in [2.75, 3.05) is 0 Å². The molecule has 6 heteroatoms. The quantitative estimate of drug-likeness (QED) is 0.839. The van der Waals surface area contributed by atoms with Crippen LogP contribution in [-0.2, 0) is 4.79 Å². The summed E-state index contributed by atoms with van der Waals surface area (Å²) in [6, 6.07) is 11.1. The second-order valence-electron chi connectivity index (χ2n) is 7.84. The van der Waals surface area contributed by atoms with Gasteiger partial charge >= 0.3 is 0 Å². The first kappa shape index (κ1) is 18.4. The molecule has 1 heterocycles. The number of nitrogens with zero attached hydrogens (tertiary/aromatic N) is 2. The Bertz CT molecular complexity index is 932. The van der Waals surface area contributed by atoms with Crippen LogP contribution in [0.15, 0.2) is 36.5 Å². The molecule has 4 rings (SSSR count). The van der Waals surface area contributed by atoms with Crippen LogP contribution in [0.25, 0.3) is 10.8 Å². The van der Waals surface area contributed by atoms with Gasteiger partial charge in [0.2, 0.25) is 5.91 Å². The molecule has 3 atom stereocenters. The fourth-order valence-corrected chi connectivity index (χ4v) is 4.01. The molecule has 2 aliphatic carbocycles. The van der Waals surface area contributed by atoms with Gasteiger partial charge in [-0.05, 0) is 43.1 Å². The molecule has 6 nitrogen and oxygen atoms in total. The van der Waals surface area contributed by atoms with Crippen LogP contribution in [-0.4, -0.2) is 28.9 Å². The molecule has 0 spiro atoms. The Morgan fingerprint density at radius 2 is 1.86 bits per heavy atom. The van der Waals surface area contributed by atoms with Gasteiger partial charge in [0, 0.05) is 17.6 Å². The zero-order valence-electron chi connectivity index (χ0n) is 15.7. The standard InChI is InChI=1S/C22H24N4O2/c23-12-20(14-9-10-14)26-21(27)17-7-3-4-8-18(17)25-22(28)19-11-15-5-1-2-6-16(15)13-24-19/h1-2,5-6,11,13-14,17-18,20H,3-4,7-10H2,(H,25,28)(H,26,27)/t17-,18+,20?/m1/s1. The van der Waals surface area contributed by atoms with Crippen molar-refractivity contribution in [2.24, 2.45) is 11.8 Å². The maximum absolute atomic E-state index is 12.8. The smallest absolute Gasteiger partial charge is 0.270 e. The largest absolute Gasteiger partial charge is 0.347 e. The zero-order valence-corrected chi connectivity index (χ0v) is 15.7. The minimum atomic E-state index is -0.409. The van der Waals surface area contributed by atoms with E-state index in [9.17, 15) is 14.9 Å². The van der Waals surface area contributed by atoms with Gasteiger partial charge in [0.05, 0.1) is 12.0 Å². The fraction of sp³-hybridized carbons (Fsp3) is 0.455. The van der Waals surface area contributed by atoms with Crippen molar-refractivity contribution in [1.29, 1.82) is 5.26 Å². The Hall–Kier alpha value is -2.94. The molecule has 1 unspecified atom stereocenters. The predicted octanol–water partition coefficient (Wildman–Crippen LogP) is 2.94. The van der Waals surface area contributed by atoms with E-state index in [1.54, 1.807) is 12.3 Å². The minimum absolute atomic E-state index is 0.116. The van der Waals surface area contributed by atoms with E-state index in [0.29, 0.717) is 5.69 Å². The van der Waals surface area contributed by atoms with Crippen LogP contribution in [0.5, 0.6) is 0 Å². The number of fused-ring (bicyclic) bond motifs is 1. The first-order valence-electron chi connectivity index (χ1n) is 10.0. The maximum atomic E-state index is 12.8. The van der Waals surface area contributed by atoms with Crippen LogP contribution in [0.1, 0.15) is 49.0 Å². The van der Waals surface area contributed by atoms with E-state index in [1.807, 2.05) is 24.3 Å². The third-order valence-electron chi connectivity index (χ3n) is 5.81. The van der Waals surface area contributed by atoms with Crippen LogP contribution in [0.4, 0.5) is 0 Å². The summed E-state index contributed by atoms with van der Waals surface area (Å²) in [6.45, 7) is 0. The number of nitriles is 1. The van der Waals surface area contributed by atoms with E-state index in [-0.39, 0.29) is 29.7 Å². The number of aromatic nitrogens is 1. The summed E-state index contributed by atoms with van der Waals surface area (Å²) in [5.41, 5.74) is 0.358.